The molecule has 1 saturated heterocycles. The first-order valence-corrected chi connectivity index (χ1v) is 7.84. The highest BCUT2D eigenvalue weighted by Crippen LogP contribution is 2.29. The monoisotopic (exact) mass is 285 g/mol. The lowest BCUT2D eigenvalue weighted by Crippen LogP contribution is -2.46. The summed E-state index contributed by atoms with van der Waals surface area (Å²) in [4.78, 5) is 14.0. The molecule has 0 aromatic rings. The number of carbonyl (C=O) groups is 1. The van der Waals surface area contributed by atoms with Gasteiger partial charge in [0.15, 0.2) is 0 Å². The van der Waals surface area contributed by atoms with E-state index in [4.69, 9.17) is 9.47 Å². The number of rotatable bonds is 5. The minimum absolute atomic E-state index is 0.171. The van der Waals surface area contributed by atoms with Crippen molar-refractivity contribution >= 4 is 6.09 Å². The minimum atomic E-state index is -0.417. The van der Waals surface area contributed by atoms with Crippen molar-refractivity contribution in [3.8, 4) is 0 Å². The van der Waals surface area contributed by atoms with Gasteiger partial charge in [-0.3, -0.25) is 0 Å². The Kier molecular flexibility index (Phi) is 6.80. The first-order valence-electron chi connectivity index (χ1n) is 7.84. The molecule has 118 valence electrons. The van der Waals surface area contributed by atoms with Crippen molar-refractivity contribution in [2.75, 3.05) is 26.8 Å². The van der Waals surface area contributed by atoms with Crippen molar-refractivity contribution in [2.45, 2.75) is 59.0 Å². The molecule has 0 saturated carbocycles. The van der Waals surface area contributed by atoms with Crippen molar-refractivity contribution in [1.82, 2.24) is 4.90 Å². The summed E-state index contributed by atoms with van der Waals surface area (Å²) in [5.41, 5.74) is -0.417. The zero-order valence-electron chi connectivity index (χ0n) is 13.8. The topological polar surface area (TPSA) is 38.8 Å². The fourth-order valence-corrected chi connectivity index (χ4v) is 2.80. The van der Waals surface area contributed by atoms with E-state index in [0.717, 1.165) is 26.1 Å². The molecule has 0 bridgehead atoms. The molecule has 0 spiro atoms. The van der Waals surface area contributed by atoms with Gasteiger partial charge in [-0.2, -0.15) is 0 Å². The summed E-state index contributed by atoms with van der Waals surface area (Å²) in [5.74, 6) is 1.11. The molecule has 20 heavy (non-hydrogen) atoms. The average molecular weight is 285 g/mol. The number of hydrogen-bond acceptors (Lipinski definition) is 3. The predicted octanol–water partition coefficient (Wildman–Crippen LogP) is 3.70. The van der Waals surface area contributed by atoms with E-state index in [2.05, 4.69) is 6.92 Å². The Morgan fingerprint density at radius 3 is 2.55 bits per heavy atom. The SMILES string of the molecule is CCCCC1CN(C(=O)OC(C)(C)C)CCC1COC. The van der Waals surface area contributed by atoms with E-state index < -0.39 is 5.60 Å². The van der Waals surface area contributed by atoms with Crippen LogP contribution in [0, 0.1) is 11.8 Å². The Hall–Kier alpha value is -0.770. The Bertz CT molecular complexity index is 299. The highest BCUT2D eigenvalue weighted by Gasteiger charge is 2.32. The Labute approximate surface area is 123 Å². The maximum atomic E-state index is 12.2. The molecule has 0 aromatic heterocycles. The Morgan fingerprint density at radius 1 is 1.30 bits per heavy atom. The van der Waals surface area contributed by atoms with E-state index in [1.807, 2.05) is 25.7 Å². The minimum Gasteiger partial charge on any atom is -0.444 e. The van der Waals surface area contributed by atoms with Crippen LogP contribution in [-0.2, 0) is 9.47 Å². The highest BCUT2D eigenvalue weighted by molar-refractivity contribution is 5.68. The maximum absolute atomic E-state index is 12.2. The van der Waals surface area contributed by atoms with E-state index in [9.17, 15) is 4.79 Å². The van der Waals surface area contributed by atoms with Gasteiger partial charge < -0.3 is 14.4 Å². The molecule has 1 amide bonds. The summed E-state index contributed by atoms with van der Waals surface area (Å²) in [7, 11) is 1.76. The van der Waals surface area contributed by atoms with Crippen LogP contribution in [0.3, 0.4) is 0 Å². The zero-order valence-corrected chi connectivity index (χ0v) is 13.8. The molecule has 1 rings (SSSR count). The number of carbonyl (C=O) groups excluding carboxylic acids is 1. The third-order valence-corrected chi connectivity index (χ3v) is 3.85. The molecule has 0 aliphatic carbocycles. The number of methoxy groups -OCH3 is 1. The molecule has 4 nitrogen and oxygen atoms in total. The van der Waals surface area contributed by atoms with Gasteiger partial charge in [-0.05, 0) is 45.4 Å². The molecule has 4 heteroatoms. The summed E-state index contributed by atoms with van der Waals surface area (Å²) >= 11 is 0. The van der Waals surface area contributed by atoms with Crippen LogP contribution in [0.5, 0.6) is 0 Å². The largest absolute Gasteiger partial charge is 0.444 e. The van der Waals surface area contributed by atoms with Crippen LogP contribution in [0.1, 0.15) is 53.4 Å². The second kappa shape index (κ2) is 7.87. The molecule has 2 unspecified atom stereocenters. The van der Waals surface area contributed by atoms with Crippen molar-refractivity contribution in [1.29, 1.82) is 0 Å². The first kappa shape index (κ1) is 17.3. The lowest BCUT2D eigenvalue weighted by Gasteiger charge is -2.39. The third kappa shape index (κ3) is 5.70. The normalized spacial score (nSPS) is 23.8. The van der Waals surface area contributed by atoms with Crippen LogP contribution in [0.2, 0.25) is 0 Å². The number of hydrogen-bond donors (Lipinski definition) is 0. The molecule has 1 aliphatic rings. The number of unbranched alkanes of at least 4 members (excludes halogenated alkanes) is 1. The first-order chi connectivity index (χ1) is 9.37. The number of piperidine rings is 1. The average Bonchev–Trinajstić information content (AvgIpc) is 2.35. The summed E-state index contributed by atoms with van der Waals surface area (Å²) in [6.45, 7) is 10.3. The molecule has 1 heterocycles. The van der Waals surface area contributed by atoms with Crippen LogP contribution < -0.4 is 0 Å². The fourth-order valence-electron chi connectivity index (χ4n) is 2.80. The molecule has 0 radical (unpaired) electrons. The van der Waals surface area contributed by atoms with Gasteiger partial charge in [0.2, 0.25) is 0 Å². The van der Waals surface area contributed by atoms with Crippen LogP contribution in [-0.4, -0.2) is 43.4 Å². The van der Waals surface area contributed by atoms with Gasteiger partial charge in [0.05, 0.1) is 0 Å². The van der Waals surface area contributed by atoms with Gasteiger partial charge in [-0.25, -0.2) is 4.79 Å². The Balaban J connectivity index is 2.58. The molecule has 0 N–H and O–H groups in total. The fraction of sp³-hybridized carbons (Fsp3) is 0.938. The van der Waals surface area contributed by atoms with E-state index in [-0.39, 0.29) is 6.09 Å². The van der Waals surface area contributed by atoms with Crippen LogP contribution in [0.25, 0.3) is 0 Å². The van der Waals surface area contributed by atoms with Crippen molar-refractivity contribution in [3.63, 3.8) is 0 Å². The molecular weight excluding hydrogens is 254 g/mol. The van der Waals surface area contributed by atoms with Gasteiger partial charge in [-0.15, -0.1) is 0 Å². The van der Waals surface area contributed by atoms with Crippen LogP contribution in [0.4, 0.5) is 4.79 Å². The summed E-state index contributed by atoms with van der Waals surface area (Å²) in [5, 5.41) is 0. The van der Waals surface area contributed by atoms with Crippen LogP contribution in [0.15, 0.2) is 0 Å². The van der Waals surface area contributed by atoms with Gasteiger partial charge in [0.1, 0.15) is 5.60 Å². The highest BCUT2D eigenvalue weighted by atomic mass is 16.6. The van der Waals surface area contributed by atoms with E-state index >= 15 is 0 Å². The lowest BCUT2D eigenvalue weighted by atomic mass is 9.83. The van der Waals surface area contributed by atoms with E-state index in [0.29, 0.717) is 11.8 Å². The Morgan fingerprint density at radius 2 is 2.00 bits per heavy atom. The molecule has 2 atom stereocenters. The third-order valence-electron chi connectivity index (χ3n) is 3.85. The number of likely N-dealkylation sites (tertiary alicyclic amines) is 1. The van der Waals surface area contributed by atoms with Crippen molar-refractivity contribution < 1.29 is 14.3 Å². The number of ether oxygens (including phenoxy) is 2. The van der Waals surface area contributed by atoms with Gasteiger partial charge >= 0.3 is 6.09 Å². The quantitative estimate of drug-likeness (QED) is 0.773. The smallest absolute Gasteiger partial charge is 0.410 e. The maximum Gasteiger partial charge on any atom is 0.410 e. The van der Waals surface area contributed by atoms with E-state index in [1.54, 1.807) is 7.11 Å². The van der Waals surface area contributed by atoms with Crippen LogP contribution >= 0.6 is 0 Å². The number of amides is 1. The van der Waals surface area contributed by atoms with Gasteiger partial charge in [0.25, 0.3) is 0 Å². The summed E-state index contributed by atoms with van der Waals surface area (Å²) in [6, 6.07) is 0. The second-order valence-electron chi connectivity index (χ2n) is 6.83. The number of nitrogens with zero attached hydrogens (tertiary/aromatic N) is 1. The summed E-state index contributed by atoms with van der Waals surface area (Å²) in [6.07, 6.45) is 4.43. The zero-order chi connectivity index (χ0) is 15.2. The van der Waals surface area contributed by atoms with Crippen molar-refractivity contribution in [3.05, 3.63) is 0 Å². The standard InChI is InChI=1S/C16H31NO3/c1-6-7-8-13-11-17(10-9-14(13)12-19-5)15(18)20-16(2,3)4/h13-14H,6-12H2,1-5H3. The van der Waals surface area contributed by atoms with Crippen molar-refractivity contribution in [2.24, 2.45) is 11.8 Å². The molecule has 0 aromatic carbocycles. The molecular formula is C16H31NO3. The lowest BCUT2D eigenvalue weighted by molar-refractivity contribution is 0.000436. The molecule has 1 fully saturated rings. The van der Waals surface area contributed by atoms with Gasteiger partial charge in [0, 0.05) is 26.8 Å². The molecule has 1 aliphatic heterocycles. The second-order valence-corrected chi connectivity index (χ2v) is 6.83. The van der Waals surface area contributed by atoms with E-state index in [1.165, 1.54) is 19.3 Å². The van der Waals surface area contributed by atoms with Gasteiger partial charge in [-0.1, -0.05) is 19.8 Å². The predicted molar refractivity (Wildman–Crippen MR) is 80.8 cm³/mol. The summed E-state index contributed by atoms with van der Waals surface area (Å²) < 4.78 is 10.8.